The number of oxazole rings is 1. The normalized spacial score (nSPS) is 14.0. The summed E-state index contributed by atoms with van der Waals surface area (Å²) in [6, 6.07) is 25.6. The molecule has 25 heteroatoms. The highest BCUT2D eigenvalue weighted by molar-refractivity contribution is 8.04. The molecule has 1 unspecified atom stereocenters. The van der Waals surface area contributed by atoms with Gasteiger partial charge in [0, 0.05) is 50.5 Å². The third-order valence-corrected chi connectivity index (χ3v) is 18.1. The van der Waals surface area contributed by atoms with Crippen molar-refractivity contribution in [3.05, 3.63) is 152 Å². The Hall–Kier alpha value is -6.24. The number of H-pyrrole nitrogens is 1. The number of nitrogens with zero attached hydrogens (tertiary/aromatic N) is 1. The molecule has 10 rings (SSSR count). The van der Waals surface area contributed by atoms with Crippen LogP contribution in [0.15, 0.2) is 153 Å². The summed E-state index contributed by atoms with van der Waals surface area (Å²) in [5.74, 6) is -0.810. The standard InChI is InChI=1S/C42H27Cl3N6O11S5/c43-23-8-12-28(32(17-23)50-66(56,57)39-16-22-4-1-2-5-34(22)60-39)48-64(53,25-10-14-30-36(19-25)62-42(52)47-30)38-7-3-6-35-27(38)21-40(61-35)67(58,59)51-33-18-24(44)9-13-29(33)49-65(54,55)26-11-15-31-37(20-26)63-41(45)46-31/h1-6,8-21,49-51H,7H2,(H,47,52)(H,48,53). The third kappa shape index (κ3) is 8.54. The van der Waals surface area contributed by atoms with Gasteiger partial charge in [-0.2, -0.15) is 16.8 Å². The van der Waals surface area contributed by atoms with Crippen molar-refractivity contribution in [2.24, 2.45) is 0 Å². The lowest BCUT2D eigenvalue weighted by Gasteiger charge is -2.23. The van der Waals surface area contributed by atoms with Crippen LogP contribution in [0.3, 0.4) is 0 Å². The van der Waals surface area contributed by atoms with E-state index in [9.17, 15) is 30.0 Å². The molecule has 0 fully saturated rings. The molecule has 5 N–H and O–H groups in total. The zero-order valence-corrected chi connectivity index (χ0v) is 39.7. The number of aromatic nitrogens is 2. The number of nitrogens with one attached hydrogen (secondary N) is 5. The molecule has 5 aromatic carbocycles. The minimum absolute atomic E-state index is 0.0296. The Bertz CT molecular complexity index is 4080. The van der Waals surface area contributed by atoms with Gasteiger partial charge < -0.3 is 18.0 Å². The summed E-state index contributed by atoms with van der Waals surface area (Å²) in [5.41, 5.74) is 0.581. The monoisotopic (exact) mass is 1060 g/mol. The molecule has 342 valence electrons. The zero-order chi connectivity index (χ0) is 47.0. The van der Waals surface area contributed by atoms with Crippen LogP contribution in [-0.2, 0) is 39.8 Å². The van der Waals surface area contributed by atoms with Crippen molar-refractivity contribution in [1.29, 1.82) is 0 Å². The van der Waals surface area contributed by atoms with Crippen LogP contribution >= 0.6 is 46.1 Å². The summed E-state index contributed by atoms with van der Waals surface area (Å²) in [7, 11) is -17.4. The lowest BCUT2D eigenvalue weighted by Crippen LogP contribution is -2.25. The second-order valence-corrected chi connectivity index (χ2v) is 24.3. The van der Waals surface area contributed by atoms with Crippen molar-refractivity contribution in [3.8, 4) is 0 Å². The van der Waals surface area contributed by atoms with Crippen molar-refractivity contribution < 1.29 is 42.7 Å². The number of sulfonamides is 3. The summed E-state index contributed by atoms with van der Waals surface area (Å²) < 4.78 is 127. The van der Waals surface area contributed by atoms with Gasteiger partial charge in [-0.15, -0.1) is 11.3 Å². The number of fused-ring (bicyclic) bond motifs is 4. The first-order valence-corrected chi connectivity index (χ1v) is 27.1. The van der Waals surface area contributed by atoms with Crippen LogP contribution < -0.4 is 24.6 Å². The largest absolute Gasteiger partial charge is 0.443 e. The van der Waals surface area contributed by atoms with Crippen LogP contribution in [0.4, 0.5) is 22.7 Å². The number of furan rings is 2. The van der Waals surface area contributed by atoms with Crippen molar-refractivity contribution in [3.63, 3.8) is 0 Å². The SMILES string of the molecule is O=c1[nH]c2ccc(S(=O)(Nc3ccc(Cl)cc3NS(=O)(=O)c3cc4ccccc4o3)=C3CC=Cc4oc(S(=O)(=O)Nc5cc(Cl)ccc5NS(=O)(=O)c5ccc6nc(Cl)sc6c5)cc43)cc2o1. The maximum atomic E-state index is 16.0. The average molecular weight is 1060 g/mol. The van der Waals surface area contributed by atoms with Gasteiger partial charge >= 0.3 is 5.76 Å². The molecule has 0 spiro atoms. The van der Waals surface area contributed by atoms with E-state index in [4.69, 9.17) is 48.1 Å². The molecule has 1 aliphatic carbocycles. The van der Waals surface area contributed by atoms with E-state index < -0.39 is 55.7 Å². The van der Waals surface area contributed by atoms with Gasteiger partial charge in [0.15, 0.2) is 10.0 Å². The van der Waals surface area contributed by atoms with E-state index in [0.717, 1.165) is 17.4 Å². The first kappa shape index (κ1) is 44.6. The number of para-hydroxylation sites is 1. The summed E-state index contributed by atoms with van der Waals surface area (Å²) in [5, 5.41) is -0.376. The molecular weight excluding hydrogens is 1030 g/mol. The molecule has 9 aromatic rings. The van der Waals surface area contributed by atoms with Gasteiger partial charge in [0.05, 0.1) is 58.0 Å². The molecule has 67 heavy (non-hydrogen) atoms. The van der Waals surface area contributed by atoms with Gasteiger partial charge in [-0.05, 0) is 78.9 Å². The smallest absolute Gasteiger partial charge is 0.417 e. The Balaban J connectivity index is 1.05. The molecule has 0 aliphatic heterocycles. The number of anilines is 4. The van der Waals surface area contributed by atoms with Crippen LogP contribution in [0.5, 0.6) is 0 Å². The van der Waals surface area contributed by atoms with E-state index in [1.807, 2.05) is 0 Å². The number of hydrogen-bond donors (Lipinski definition) is 5. The summed E-state index contributed by atoms with van der Waals surface area (Å²) in [4.78, 5) is 18.8. The molecule has 0 bridgehead atoms. The van der Waals surface area contributed by atoms with E-state index in [-0.39, 0.29) is 80.8 Å². The van der Waals surface area contributed by atoms with Crippen LogP contribution in [0.1, 0.15) is 17.7 Å². The second-order valence-electron chi connectivity index (χ2n) is 14.6. The number of hydrogen-bond acceptors (Lipinski definition) is 13. The molecule has 17 nitrogen and oxygen atoms in total. The maximum Gasteiger partial charge on any atom is 0.417 e. The molecule has 1 aliphatic rings. The average Bonchev–Trinajstić information content (AvgIpc) is 4.08. The second kappa shape index (κ2) is 16.5. The summed E-state index contributed by atoms with van der Waals surface area (Å²) >= 11 is 19.8. The van der Waals surface area contributed by atoms with Crippen molar-refractivity contribution in [2.75, 3.05) is 18.9 Å². The minimum Gasteiger partial charge on any atom is -0.443 e. The molecule has 0 amide bonds. The molecular formula is C42H27Cl3N6O11S5. The van der Waals surface area contributed by atoms with Crippen LogP contribution in [0.25, 0.3) is 38.4 Å². The van der Waals surface area contributed by atoms with Crippen molar-refractivity contribution in [1.82, 2.24) is 9.97 Å². The lowest BCUT2D eigenvalue weighted by atomic mass is 10.1. The molecule has 1 atom stereocenters. The number of aromatic amines is 1. The first-order chi connectivity index (χ1) is 31.8. The fraction of sp³-hybridized carbons (Fsp3) is 0.0238. The number of allylic oxidation sites excluding steroid dienone is 1. The molecule has 0 radical (unpaired) electrons. The van der Waals surface area contributed by atoms with E-state index in [0.29, 0.717) is 21.2 Å². The Morgan fingerprint density at radius 2 is 1.27 bits per heavy atom. The predicted molar refractivity (Wildman–Crippen MR) is 260 cm³/mol. The van der Waals surface area contributed by atoms with E-state index in [1.54, 1.807) is 30.3 Å². The zero-order valence-electron chi connectivity index (χ0n) is 33.4. The van der Waals surface area contributed by atoms with Crippen LogP contribution in [-0.4, -0.2) is 44.3 Å². The van der Waals surface area contributed by atoms with Gasteiger partial charge in [0.2, 0.25) is 10.2 Å². The maximum absolute atomic E-state index is 16.0. The summed E-state index contributed by atoms with van der Waals surface area (Å²) in [6.45, 7) is 0. The molecule has 4 heterocycles. The van der Waals surface area contributed by atoms with Gasteiger partial charge in [-0.3, -0.25) is 19.2 Å². The Labute approximate surface area is 398 Å². The quantitative estimate of drug-likeness (QED) is 0.0717. The Morgan fingerprint density at radius 1 is 0.612 bits per heavy atom. The van der Waals surface area contributed by atoms with Gasteiger partial charge in [-0.1, -0.05) is 59.1 Å². The number of halogens is 3. The lowest BCUT2D eigenvalue weighted by molar-refractivity contribution is 0.444. The van der Waals surface area contributed by atoms with Crippen LogP contribution in [0, 0.1) is 0 Å². The van der Waals surface area contributed by atoms with E-state index >= 15 is 4.21 Å². The summed E-state index contributed by atoms with van der Waals surface area (Å²) in [6.07, 6.45) is 3.00. The Kier molecular flexibility index (Phi) is 11.0. The van der Waals surface area contributed by atoms with Crippen LogP contribution in [0.2, 0.25) is 14.5 Å². The number of rotatable bonds is 12. The predicted octanol–water partition coefficient (Wildman–Crippen LogP) is 9.74. The third-order valence-electron chi connectivity index (χ3n) is 10.2. The molecule has 4 aromatic heterocycles. The molecule has 0 saturated carbocycles. The van der Waals surface area contributed by atoms with Crippen molar-refractivity contribution in [2.45, 2.75) is 26.4 Å². The fourth-order valence-corrected chi connectivity index (χ4v) is 14.2. The number of benzene rings is 5. The first-order valence-electron chi connectivity index (χ1n) is 19.2. The van der Waals surface area contributed by atoms with Crippen molar-refractivity contribution >= 4 is 152 Å². The fourth-order valence-electron chi connectivity index (χ4n) is 7.14. The highest BCUT2D eigenvalue weighted by Gasteiger charge is 2.32. The Morgan fingerprint density at radius 3 is 1.99 bits per heavy atom. The molecule has 0 saturated heterocycles. The minimum atomic E-state index is -4.73. The van der Waals surface area contributed by atoms with Gasteiger partial charge in [0.1, 0.15) is 11.3 Å². The van der Waals surface area contributed by atoms with Gasteiger partial charge in [0.25, 0.3) is 30.1 Å². The van der Waals surface area contributed by atoms with E-state index in [2.05, 4.69) is 28.9 Å². The topological polar surface area (TPSA) is 253 Å². The van der Waals surface area contributed by atoms with E-state index in [1.165, 1.54) is 84.9 Å². The highest BCUT2D eigenvalue weighted by atomic mass is 35.5. The highest BCUT2D eigenvalue weighted by Crippen LogP contribution is 2.37. The van der Waals surface area contributed by atoms with Gasteiger partial charge in [-0.25, -0.2) is 22.4 Å². The number of thiazole rings is 1.